The summed E-state index contributed by atoms with van der Waals surface area (Å²) in [6, 6.07) is 13.9. The number of hydrogen-bond donors (Lipinski definition) is 1. The minimum atomic E-state index is -0.381. The van der Waals surface area contributed by atoms with E-state index in [2.05, 4.69) is 10.3 Å². The number of nitrogens with zero attached hydrogens (tertiary/aromatic N) is 1. The first-order chi connectivity index (χ1) is 11.2. The maximum atomic E-state index is 12.1. The van der Waals surface area contributed by atoms with Gasteiger partial charge in [-0.05, 0) is 37.1 Å². The molecule has 1 amide bonds. The van der Waals surface area contributed by atoms with Gasteiger partial charge in [0.1, 0.15) is 5.58 Å². The predicted octanol–water partition coefficient (Wildman–Crippen LogP) is 2.55. The van der Waals surface area contributed by atoms with E-state index in [9.17, 15) is 9.59 Å². The number of amides is 1. The summed E-state index contributed by atoms with van der Waals surface area (Å²) in [6.45, 7) is 0.492. The van der Waals surface area contributed by atoms with E-state index in [4.69, 9.17) is 4.42 Å². The van der Waals surface area contributed by atoms with Crippen LogP contribution in [-0.4, -0.2) is 17.4 Å². The molecule has 0 aliphatic rings. The Bertz CT molecular complexity index is 872. The van der Waals surface area contributed by atoms with Crippen LogP contribution in [0.3, 0.4) is 0 Å². The number of benzene rings is 1. The summed E-state index contributed by atoms with van der Waals surface area (Å²) in [4.78, 5) is 28.3. The van der Waals surface area contributed by atoms with E-state index in [1.807, 2.05) is 18.2 Å². The second-order valence-electron chi connectivity index (χ2n) is 5.15. The molecule has 0 bridgehead atoms. The lowest BCUT2D eigenvalue weighted by Gasteiger charge is -2.05. The summed E-state index contributed by atoms with van der Waals surface area (Å²) >= 11 is 0. The molecule has 0 aliphatic heterocycles. The van der Waals surface area contributed by atoms with Crippen molar-refractivity contribution in [1.29, 1.82) is 0 Å². The standard InChI is InChI=1S/C18H16N2O3/c21-15-12-17(23-16-9-2-1-8-14(15)16)18(22)20-11-5-7-13-6-3-4-10-19-13/h1-4,6,8-10,12H,5,7,11H2,(H,20,22). The summed E-state index contributed by atoms with van der Waals surface area (Å²) in [5.41, 5.74) is 1.18. The van der Waals surface area contributed by atoms with E-state index in [0.29, 0.717) is 17.5 Å². The molecule has 2 aromatic heterocycles. The molecule has 23 heavy (non-hydrogen) atoms. The Labute approximate surface area is 133 Å². The van der Waals surface area contributed by atoms with Crippen molar-refractivity contribution >= 4 is 16.9 Å². The van der Waals surface area contributed by atoms with Crippen molar-refractivity contribution in [3.05, 3.63) is 76.4 Å². The number of pyridine rings is 1. The lowest BCUT2D eigenvalue weighted by molar-refractivity contribution is 0.0926. The Morgan fingerprint density at radius 1 is 1.13 bits per heavy atom. The van der Waals surface area contributed by atoms with Crippen molar-refractivity contribution in [1.82, 2.24) is 10.3 Å². The van der Waals surface area contributed by atoms with Gasteiger partial charge in [0.05, 0.1) is 5.39 Å². The molecule has 0 fully saturated rings. The van der Waals surface area contributed by atoms with Gasteiger partial charge in [0.25, 0.3) is 5.91 Å². The molecule has 1 N–H and O–H groups in total. The quantitative estimate of drug-likeness (QED) is 0.735. The van der Waals surface area contributed by atoms with Crippen molar-refractivity contribution in [3.8, 4) is 0 Å². The Morgan fingerprint density at radius 3 is 2.78 bits per heavy atom. The zero-order valence-corrected chi connectivity index (χ0v) is 12.5. The topological polar surface area (TPSA) is 72.2 Å². The molecule has 3 rings (SSSR count). The first-order valence-electron chi connectivity index (χ1n) is 7.45. The lowest BCUT2D eigenvalue weighted by atomic mass is 10.2. The van der Waals surface area contributed by atoms with Gasteiger partial charge < -0.3 is 9.73 Å². The van der Waals surface area contributed by atoms with Crippen LogP contribution < -0.4 is 10.7 Å². The van der Waals surface area contributed by atoms with E-state index >= 15 is 0 Å². The fraction of sp³-hybridized carbons (Fsp3) is 0.167. The average Bonchev–Trinajstić information content (AvgIpc) is 2.59. The van der Waals surface area contributed by atoms with E-state index in [1.165, 1.54) is 6.07 Å². The molecular weight excluding hydrogens is 292 g/mol. The molecule has 0 unspecified atom stereocenters. The molecule has 0 radical (unpaired) electrons. The van der Waals surface area contributed by atoms with Gasteiger partial charge in [-0.2, -0.15) is 0 Å². The third kappa shape index (κ3) is 3.63. The predicted molar refractivity (Wildman–Crippen MR) is 87.4 cm³/mol. The largest absolute Gasteiger partial charge is 0.451 e. The number of nitrogens with one attached hydrogen (secondary N) is 1. The van der Waals surface area contributed by atoms with Crippen molar-refractivity contribution in [2.24, 2.45) is 0 Å². The molecule has 0 saturated carbocycles. The summed E-state index contributed by atoms with van der Waals surface area (Å²) in [6.07, 6.45) is 3.29. The monoisotopic (exact) mass is 308 g/mol. The minimum absolute atomic E-state index is 0.0338. The molecule has 116 valence electrons. The third-order valence-corrected chi connectivity index (χ3v) is 3.48. The zero-order chi connectivity index (χ0) is 16.1. The van der Waals surface area contributed by atoms with Gasteiger partial charge in [-0.15, -0.1) is 0 Å². The maximum absolute atomic E-state index is 12.1. The van der Waals surface area contributed by atoms with Gasteiger partial charge in [0.2, 0.25) is 0 Å². The molecule has 5 nitrogen and oxygen atoms in total. The molecule has 0 atom stereocenters. The Hall–Kier alpha value is -2.95. The minimum Gasteiger partial charge on any atom is -0.451 e. The molecule has 0 saturated heterocycles. The summed E-state index contributed by atoms with van der Waals surface area (Å²) in [5.74, 6) is -0.347. The summed E-state index contributed by atoms with van der Waals surface area (Å²) < 4.78 is 5.50. The number of para-hydroxylation sites is 1. The first-order valence-corrected chi connectivity index (χ1v) is 7.45. The Morgan fingerprint density at radius 2 is 1.96 bits per heavy atom. The number of hydrogen-bond acceptors (Lipinski definition) is 4. The zero-order valence-electron chi connectivity index (χ0n) is 12.5. The van der Waals surface area contributed by atoms with E-state index in [1.54, 1.807) is 30.5 Å². The molecule has 5 heteroatoms. The molecule has 3 aromatic rings. The van der Waals surface area contributed by atoms with Crippen molar-refractivity contribution < 1.29 is 9.21 Å². The highest BCUT2D eigenvalue weighted by molar-refractivity contribution is 5.93. The highest BCUT2D eigenvalue weighted by atomic mass is 16.3. The molecule has 1 aromatic carbocycles. The number of carbonyl (C=O) groups excluding carboxylic acids is 1. The van der Waals surface area contributed by atoms with Gasteiger partial charge in [0, 0.05) is 24.5 Å². The second kappa shape index (κ2) is 6.87. The van der Waals surface area contributed by atoms with Crippen LogP contribution in [0.15, 0.2) is 63.9 Å². The van der Waals surface area contributed by atoms with Crippen LogP contribution in [-0.2, 0) is 6.42 Å². The van der Waals surface area contributed by atoms with Crippen LogP contribution in [0.25, 0.3) is 11.0 Å². The van der Waals surface area contributed by atoms with Crippen LogP contribution >= 0.6 is 0 Å². The van der Waals surface area contributed by atoms with Gasteiger partial charge >= 0.3 is 0 Å². The van der Waals surface area contributed by atoms with Crippen LogP contribution in [0.2, 0.25) is 0 Å². The number of aryl methyl sites for hydroxylation is 1. The normalized spacial score (nSPS) is 10.6. The molecule has 0 spiro atoms. The van der Waals surface area contributed by atoms with Gasteiger partial charge in [-0.1, -0.05) is 18.2 Å². The van der Waals surface area contributed by atoms with Gasteiger partial charge in [-0.25, -0.2) is 0 Å². The fourth-order valence-corrected chi connectivity index (χ4v) is 2.32. The smallest absolute Gasteiger partial charge is 0.287 e. The number of carbonyl (C=O) groups is 1. The number of rotatable bonds is 5. The molecular formula is C18H16N2O3. The number of fused-ring (bicyclic) bond motifs is 1. The summed E-state index contributed by atoms with van der Waals surface area (Å²) in [7, 11) is 0. The molecule has 2 heterocycles. The van der Waals surface area contributed by atoms with Crippen LogP contribution in [0.1, 0.15) is 22.7 Å². The number of aromatic nitrogens is 1. The third-order valence-electron chi connectivity index (χ3n) is 3.48. The van der Waals surface area contributed by atoms with E-state index < -0.39 is 0 Å². The highest BCUT2D eigenvalue weighted by Crippen LogP contribution is 2.11. The van der Waals surface area contributed by atoms with Gasteiger partial charge in [-0.3, -0.25) is 14.6 Å². The summed E-state index contributed by atoms with van der Waals surface area (Å²) in [5, 5.41) is 3.23. The fourth-order valence-electron chi connectivity index (χ4n) is 2.32. The lowest BCUT2D eigenvalue weighted by Crippen LogP contribution is -2.25. The first kappa shape index (κ1) is 15.0. The van der Waals surface area contributed by atoms with Crippen molar-refractivity contribution in [2.75, 3.05) is 6.54 Å². The SMILES string of the molecule is O=C(NCCCc1ccccn1)c1cc(=O)c2ccccc2o1. The maximum Gasteiger partial charge on any atom is 0.287 e. The van der Waals surface area contributed by atoms with Gasteiger partial charge in [0.15, 0.2) is 11.2 Å². The van der Waals surface area contributed by atoms with Crippen LogP contribution in [0.5, 0.6) is 0 Å². The van der Waals surface area contributed by atoms with Crippen molar-refractivity contribution in [2.45, 2.75) is 12.8 Å². The molecule has 0 aliphatic carbocycles. The van der Waals surface area contributed by atoms with E-state index in [0.717, 1.165) is 18.5 Å². The second-order valence-corrected chi connectivity index (χ2v) is 5.15. The van der Waals surface area contributed by atoms with Crippen LogP contribution in [0, 0.1) is 0 Å². The van der Waals surface area contributed by atoms with Crippen molar-refractivity contribution in [3.63, 3.8) is 0 Å². The van der Waals surface area contributed by atoms with E-state index in [-0.39, 0.29) is 17.1 Å². The highest BCUT2D eigenvalue weighted by Gasteiger charge is 2.11. The average molecular weight is 308 g/mol. The Balaban J connectivity index is 1.61. The van der Waals surface area contributed by atoms with Crippen LogP contribution in [0.4, 0.5) is 0 Å². The Kier molecular flexibility index (Phi) is 4.47.